The molecule has 0 radical (unpaired) electrons. The third kappa shape index (κ3) is 3.57. The number of nitrogens with one attached hydrogen (secondary N) is 1. The van der Waals surface area contributed by atoms with Gasteiger partial charge in [-0.05, 0) is 18.6 Å². The van der Waals surface area contributed by atoms with E-state index in [4.69, 9.17) is 22.3 Å². The predicted octanol–water partition coefficient (Wildman–Crippen LogP) is 2.55. The van der Waals surface area contributed by atoms with Crippen molar-refractivity contribution < 1.29 is 17.6 Å². The molecule has 1 rings (SSSR count). The Hall–Kier alpha value is -0.850. The summed E-state index contributed by atoms with van der Waals surface area (Å²) >= 11 is 5.64. The summed E-state index contributed by atoms with van der Waals surface area (Å²) in [5, 5.41) is 2.33. The molecule has 1 aromatic carbocycles. The monoisotopic (exact) mass is 313 g/mol. The van der Waals surface area contributed by atoms with E-state index in [1.807, 2.05) is 6.92 Å². The van der Waals surface area contributed by atoms with Crippen LogP contribution in [-0.4, -0.2) is 20.9 Å². The van der Waals surface area contributed by atoms with E-state index in [0.29, 0.717) is 13.0 Å². The first kappa shape index (κ1) is 15.2. The van der Waals surface area contributed by atoms with E-state index in [-0.39, 0.29) is 5.02 Å². The summed E-state index contributed by atoms with van der Waals surface area (Å²) in [6, 6.07) is 1.91. The van der Waals surface area contributed by atoms with Crippen molar-refractivity contribution in [1.29, 1.82) is 0 Å². The Kier molecular flexibility index (Phi) is 4.95. The Morgan fingerprint density at radius 1 is 1.44 bits per heavy atom. The molecule has 0 aliphatic rings. The molecular formula is C10H10Cl2FNO3S. The van der Waals surface area contributed by atoms with Gasteiger partial charge in [0, 0.05) is 22.2 Å². The fourth-order valence-electron chi connectivity index (χ4n) is 1.24. The van der Waals surface area contributed by atoms with Crippen LogP contribution in [0, 0.1) is 5.82 Å². The van der Waals surface area contributed by atoms with Crippen LogP contribution in [0.15, 0.2) is 17.0 Å². The molecule has 0 spiro atoms. The van der Waals surface area contributed by atoms with Crippen molar-refractivity contribution in [3.05, 3.63) is 28.5 Å². The van der Waals surface area contributed by atoms with E-state index in [2.05, 4.69) is 5.32 Å². The normalized spacial score (nSPS) is 11.3. The van der Waals surface area contributed by atoms with Gasteiger partial charge in [0.15, 0.2) is 5.82 Å². The summed E-state index contributed by atoms with van der Waals surface area (Å²) in [5.74, 6) is -1.94. The summed E-state index contributed by atoms with van der Waals surface area (Å²) in [6.07, 6.45) is 0.661. The lowest BCUT2D eigenvalue weighted by molar-refractivity contribution is 0.0949. The summed E-state index contributed by atoms with van der Waals surface area (Å²) in [6.45, 7) is 2.16. The average molecular weight is 314 g/mol. The number of rotatable bonds is 4. The van der Waals surface area contributed by atoms with Crippen LogP contribution >= 0.6 is 22.3 Å². The van der Waals surface area contributed by atoms with E-state index in [0.717, 1.165) is 12.1 Å². The molecule has 0 unspecified atom stereocenters. The Morgan fingerprint density at radius 3 is 2.56 bits per heavy atom. The molecule has 0 aromatic heterocycles. The maximum absolute atomic E-state index is 13.8. The average Bonchev–Trinajstić information content (AvgIpc) is 2.27. The van der Waals surface area contributed by atoms with E-state index >= 15 is 0 Å². The quantitative estimate of drug-likeness (QED) is 0.869. The summed E-state index contributed by atoms with van der Waals surface area (Å²) in [4.78, 5) is 10.8. The minimum Gasteiger partial charge on any atom is -0.352 e. The molecule has 4 nitrogen and oxygen atoms in total. The lowest BCUT2D eigenvalue weighted by Gasteiger charge is -2.08. The van der Waals surface area contributed by atoms with Crippen molar-refractivity contribution in [2.45, 2.75) is 18.2 Å². The Bertz CT molecular complexity index is 575. The standard InChI is InChI=1S/C10H10Cl2FNO3S/c1-2-3-14-10(15)7-4-6(11)5-8(9(7)13)18(12,16)17/h4-5H,2-3H2,1H3,(H,14,15). The van der Waals surface area contributed by atoms with E-state index in [1.165, 1.54) is 0 Å². The molecule has 0 bridgehead atoms. The number of carbonyl (C=O) groups is 1. The number of hydrogen-bond donors (Lipinski definition) is 1. The van der Waals surface area contributed by atoms with Gasteiger partial charge in [0.25, 0.3) is 15.0 Å². The molecule has 8 heteroatoms. The lowest BCUT2D eigenvalue weighted by atomic mass is 10.2. The second-order valence-corrected chi connectivity index (χ2v) is 6.43. The zero-order valence-electron chi connectivity index (χ0n) is 9.34. The molecular weight excluding hydrogens is 304 g/mol. The predicted molar refractivity (Wildman–Crippen MR) is 67.1 cm³/mol. The van der Waals surface area contributed by atoms with E-state index in [1.54, 1.807) is 0 Å². The highest BCUT2D eigenvalue weighted by Gasteiger charge is 2.23. The molecule has 0 atom stereocenters. The molecule has 0 aliphatic carbocycles. The molecule has 0 saturated heterocycles. The molecule has 1 amide bonds. The van der Waals surface area contributed by atoms with Gasteiger partial charge in [0.05, 0.1) is 5.56 Å². The minimum absolute atomic E-state index is 0.0859. The van der Waals surface area contributed by atoms with Crippen LogP contribution < -0.4 is 5.32 Å². The maximum atomic E-state index is 13.8. The van der Waals surface area contributed by atoms with Gasteiger partial charge < -0.3 is 5.32 Å². The van der Waals surface area contributed by atoms with Crippen LogP contribution in [0.25, 0.3) is 0 Å². The number of hydrogen-bond acceptors (Lipinski definition) is 3. The molecule has 1 N–H and O–H groups in total. The second-order valence-electron chi connectivity index (χ2n) is 3.46. The fourth-order valence-corrected chi connectivity index (χ4v) is 2.45. The van der Waals surface area contributed by atoms with Gasteiger partial charge in [-0.15, -0.1) is 0 Å². The smallest absolute Gasteiger partial charge is 0.264 e. The Labute approximate surface area is 114 Å². The first-order chi connectivity index (χ1) is 8.27. The number of benzene rings is 1. The van der Waals surface area contributed by atoms with Crippen LogP contribution in [0.3, 0.4) is 0 Å². The summed E-state index contributed by atoms with van der Waals surface area (Å²) < 4.78 is 36.1. The number of halogens is 3. The van der Waals surface area contributed by atoms with E-state index in [9.17, 15) is 17.6 Å². The molecule has 18 heavy (non-hydrogen) atoms. The molecule has 0 saturated carbocycles. The maximum Gasteiger partial charge on any atom is 0.264 e. The topological polar surface area (TPSA) is 63.2 Å². The van der Waals surface area contributed by atoms with E-state index < -0.39 is 31.2 Å². The van der Waals surface area contributed by atoms with Gasteiger partial charge in [-0.2, -0.15) is 0 Å². The lowest BCUT2D eigenvalue weighted by Crippen LogP contribution is -2.25. The van der Waals surface area contributed by atoms with Gasteiger partial charge in [0.2, 0.25) is 0 Å². The van der Waals surface area contributed by atoms with Crippen molar-refractivity contribution in [2.75, 3.05) is 6.54 Å². The highest BCUT2D eigenvalue weighted by molar-refractivity contribution is 8.13. The van der Waals surface area contributed by atoms with Crippen LogP contribution in [0.1, 0.15) is 23.7 Å². The van der Waals surface area contributed by atoms with Crippen LogP contribution in [0.2, 0.25) is 5.02 Å². The van der Waals surface area contributed by atoms with Gasteiger partial charge in [0.1, 0.15) is 4.90 Å². The van der Waals surface area contributed by atoms with Crippen molar-refractivity contribution in [1.82, 2.24) is 5.32 Å². The van der Waals surface area contributed by atoms with Crippen LogP contribution in [0.4, 0.5) is 4.39 Å². The minimum atomic E-state index is -4.30. The molecule has 1 aromatic rings. The third-order valence-corrected chi connectivity index (χ3v) is 3.59. The molecule has 0 heterocycles. The Balaban J connectivity index is 3.30. The van der Waals surface area contributed by atoms with Gasteiger partial charge in [-0.25, -0.2) is 12.8 Å². The fraction of sp³-hybridized carbons (Fsp3) is 0.300. The molecule has 0 aliphatic heterocycles. The zero-order chi connectivity index (χ0) is 13.9. The van der Waals surface area contributed by atoms with Gasteiger partial charge in [-0.1, -0.05) is 18.5 Å². The van der Waals surface area contributed by atoms with Gasteiger partial charge in [-0.3, -0.25) is 4.79 Å². The largest absolute Gasteiger partial charge is 0.352 e. The SMILES string of the molecule is CCCNC(=O)c1cc(Cl)cc(S(=O)(=O)Cl)c1F. The van der Waals surface area contributed by atoms with Crippen molar-refractivity contribution >= 4 is 37.2 Å². The second kappa shape index (κ2) is 5.86. The van der Waals surface area contributed by atoms with Crippen molar-refractivity contribution in [3.8, 4) is 0 Å². The highest BCUT2D eigenvalue weighted by atomic mass is 35.7. The number of amides is 1. The van der Waals surface area contributed by atoms with Crippen LogP contribution in [-0.2, 0) is 9.05 Å². The van der Waals surface area contributed by atoms with Crippen molar-refractivity contribution in [3.63, 3.8) is 0 Å². The molecule has 0 fully saturated rings. The van der Waals surface area contributed by atoms with Crippen LogP contribution in [0.5, 0.6) is 0 Å². The summed E-state index contributed by atoms with van der Waals surface area (Å²) in [7, 11) is 0.759. The highest BCUT2D eigenvalue weighted by Crippen LogP contribution is 2.26. The number of carbonyl (C=O) groups excluding carboxylic acids is 1. The molecule has 100 valence electrons. The van der Waals surface area contributed by atoms with Gasteiger partial charge >= 0.3 is 0 Å². The zero-order valence-corrected chi connectivity index (χ0v) is 11.7. The first-order valence-electron chi connectivity index (χ1n) is 4.99. The first-order valence-corrected chi connectivity index (χ1v) is 7.68. The van der Waals surface area contributed by atoms with Crippen molar-refractivity contribution in [2.24, 2.45) is 0 Å². The third-order valence-electron chi connectivity index (χ3n) is 2.05. The Morgan fingerprint density at radius 2 is 2.06 bits per heavy atom. The summed E-state index contributed by atoms with van der Waals surface area (Å²) in [5.41, 5.74) is -0.449.